The van der Waals surface area contributed by atoms with E-state index in [4.69, 9.17) is 0 Å². The topological polar surface area (TPSA) is 110 Å². The Morgan fingerprint density at radius 2 is 1.94 bits per heavy atom. The lowest BCUT2D eigenvalue weighted by Crippen LogP contribution is -2.28. The zero-order valence-corrected chi connectivity index (χ0v) is 18.0. The monoisotopic (exact) mass is 457 g/mol. The first-order chi connectivity index (χ1) is 16.6. The lowest BCUT2D eigenvalue weighted by atomic mass is 10.1. The number of hydrogen-bond donors (Lipinski definition) is 2. The number of halogens is 1. The van der Waals surface area contributed by atoms with Gasteiger partial charge in [0.2, 0.25) is 0 Å². The van der Waals surface area contributed by atoms with E-state index >= 15 is 0 Å². The van der Waals surface area contributed by atoms with Gasteiger partial charge in [-0.3, -0.25) is 19.3 Å². The maximum absolute atomic E-state index is 13.4. The summed E-state index contributed by atoms with van der Waals surface area (Å²) in [4.78, 5) is 29.6. The number of hydrogen-bond acceptors (Lipinski definition) is 5. The van der Waals surface area contributed by atoms with Crippen molar-refractivity contribution >= 4 is 16.9 Å². The Morgan fingerprint density at radius 1 is 1.09 bits per heavy atom. The van der Waals surface area contributed by atoms with Crippen molar-refractivity contribution in [2.45, 2.75) is 13.1 Å². The van der Waals surface area contributed by atoms with Gasteiger partial charge in [-0.1, -0.05) is 42.5 Å². The average molecular weight is 457 g/mol. The molecule has 3 heterocycles. The predicted molar refractivity (Wildman–Crippen MR) is 124 cm³/mol. The minimum absolute atomic E-state index is 0.204. The third kappa shape index (κ3) is 4.33. The van der Waals surface area contributed by atoms with Crippen molar-refractivity contribution in [1.29, 1.82) is 0 Å². The highest BCUT2D eigenvalue weighted by Gasteiger charge is 2.13. The number of amides is 1. The van der Waals surface area contributed by atoms with Gasteiger partial charge in [0, 0.05) is 12.1 Å². The van der Waals surface area contributed by atoms with Gasteiger partial charge < -0.3 is 5.32 Å². The molecule has 34 heavy (non-hydrogen) atoms. The van der Waals surface area contributed by atoms with Crippen LogP contribution < -0.4 is 10.9 Å². The summed E-state index contributed by atoms with van der Waals surface area (Å²) in [5.74, 6) is -0.655. The van der Waals surface area contributed by atoms with E-state index in [9.17, 15) is 14.0 Å². The van der Waals surface area contributed by atoms with Crippen molar-refractivity contribution in [2.75, 3.05) is 6.54 Å². The molecular formula is C24H20FN7O2. The van der Waals surface area contributed by atoms with Gasteiger partial charge >= 0.3 is 0 Å². The third-order valence-electron chi connectivity index (χ3n) is 5.37. The van der Waals surface area contributed by atoms with E-state index in [-0.39, 0.29) is 30.4 Å². The second-order valence-electron chi connectivity index (χ2n) is 7.70. The molecule has 0 bridgehead atoms. The third-order valence-corrected chi connectivity index (χ3v) is 5.37. The summed E-state index contributed by atoms with van der Waals surface area (Å²) in [5, 5.41) is 14.3. The largest absolute Gasteiger partial charge is 0.349 e. The standard InChI is InChI=1S/C24H20FN7O2/c25-18-8-4-5-16(11-18)14-31-15-27-22-19(24(31)34)13-28-32(22)10-9-26-23(33)21-12-20(29-30-21)17-6-2-1-3-7-17/h1-8,11-13,15H,9-10,14H2,(H,26,33)(H,29,30). The number of nitrogens with zero attached hydrogens (tertiary/aromatic N) is 5. The fourth-order valence-electron chi connectivity index (χ4n) is 3.67. The lowest BCUT2D eigenvalue weighted by molar-refractivity contribution is 0.0947. The average Bonchev–Trinajstić information content (AvgIpc) is 3.50. The molecule has 0 aliphatic rings. The van der Waals surface area contributed by atoms with Gasteiger partial charge in [-0.05, 0) is 23.8 Å². The fraction of sp³-hybridized carbons (Fsp3) is 0.125. The minimum Gasteiger partial charge on any atom is -0.349 e. The van der Waals surface area contributed by atoms with Crippen LogP contribution in [0.15, 0.2) is 78.0 Å². The smallest absolute Gasteiger partial charge is 0.269 e. The minimum atomic E-state index is -0.360. The van der Waals surface area contributed by atoms with Gasteiger partial charge in [0.05, 0.1) is 25.0 Å². The van der Waals surface area contributed by atoms with E-state index in [2.05, 4.69) is 25.6 Å². The molecule has 0 radical (unpaired) electrons. The van der Waals surface area contributed by atoms with Gasteiger partial charge in [0.15, 0.2) is 5.65 Å². The first kappa shape index (κ1) is 21.3. The maximum atomic E-state index is 13.4. The SMILES string of the molecule is O=C(NCCn1ncc2c(=O)n(Cc3cccc(F)c3)cnc21)c1cc(-c2ccccc2)n[nH]1. The number of fused-ring (bicyclic) bond motifs is 1. The highest BCUT2D eigenvalue weighted by molar-refractivity contribution is 5.93. The summed E-state index contributed by atoms with van der Waals surface area (Å²) in [6.45, 7) is 0.814. The van der Waals surface area contributed by atoms with Crippen LogP contribution in [0.2, 0.25) is 0 Å². The molecule has 0 unspecified atom stereocenters. The number of aromatic nitrogens is 6. The van der Waals surface area contributed by atoms with E-state index in [1.807, 2.05) is 30.3 Å². The Balaban J connectivity index is 1.24. The van der Waals surface area contributed by atoms with Crippen LogP contribution in [0.4, 0.5) is 4.39 Å². The highest BCUT2D eigenvalue weighted by atomic mass is 19.1. The van der Waals surface area contributed by atoms with Crippen LogP contribution in [-0.2, 0) is 13.1 Å². The predicted octanol–water partition coefficient (Wildman–Crippen LogP) is 2.60. The summed E-state index contributed by atoms with van der Waals surface area (Å²) in [7, 11) is 0. The van der Waals surface area contributed by atoms with Crippen molar-refractivity contribution in [3.63, 3.8) is 0 Å². The van der Waals surface area contributed by atoms with Crippen molar-refractivity contribution in [2.24, 2.45) is 0 Å². The molecule has 0 saturated heterocycles. The molecule has 10 heteroatoms. The molecule has 0 saturated carbocycles. The van der Waals surface area contributed by atoms with Crippen LogP contribution in [0.1, 0.15) is 16.1 Å². The summed E-state index contributed by atoms with van der Waals surface area (Å²) < 4.78 is 16.4. The number of carbonyl (C=O) groups is 1. The number of H-pyrrole nitrogens is 1. The van der Waals surface area contributed by atoms with Crippen LogP contribution in [0.3, 0.4) is 0 Å². The molecule has 2 aromatic carbocycles. The van der Waals surface area contributed by atoms with E-state index < -0.39 is 0 Å². The zero-order chi connectivity index (χ0) is 23.5. The Bertz CT molecular complexity index is 1520. The molecule has 0 spiro atoms. The summed E-state index contributed by atoms with van der Waals surface area (Å²) >= 11 is 0. The lowest BCUT2D eigenvalue weighted by Gasteiger charge is -2.07. The van der Waals surface area contributed by atoms with Crippen LogP contribution in [-0.4, -0.2) is 42.0 Å². The Kier molecular flexibility index (Phi) is 5.69. The second-order valence-corrected chi connectivity index (χ2v) is 7.70. The molecular weight excluding hydrogens is 437 g/mol. The van der Waals surface area contributed by atoms with Gasteiger partial charge in [0.1, 0.15) is 23.2 Å². The van der Waals surface area contributed by atoms with Crippen molar-refractivity contribution in [3.05, 3.63) is 101 Å². The summed E-state index contributed by atoms with van der Waals surface area (Å²) in [6, 6.07) is 17.3. The molecule has 1 amide bonds. The number of nitrogens with one attached hydrogen (secondary N) is 2. The molecule has 5 aromatic rings. The fourth-order valence-corrected chi connectivity index (χ4v) is 3.67. The van der Waals surface area contributed by atoms with Crippen LogP contribution in [0.5, 0.6) is 0 Å². The quantitative estimate of drug-likeness (QED) is 0.390. The van der Waals surface area contributed by atoms with Gasteiger partial charge in [-0.15, -0.1) is 0 Å². The first-order valence-corrected chi connectivity index (χ1v) is 10.6. The molecule has 0 fully saturated rings. The van der Waals surface area contributed by atoms with Crippen LogP contribution in [0, 0.1) is 5.82 Å². The van der Waals surface area contributed by atoms with E-state index in [1.165, 1.54) is 29.2 Å². The van der Waals surface area contributed by atoms with Crippen molar-refractivity contribution in [3.8, 4) is 11.3 Å². The zero-order valence-electron chi connectivity index (χ0n) is 18.0. The molecule has 2 N–H and O–H groups in total. The van der Waals surface area contributed by atoms with Crippen LogP contribution >= 0.6 is 0 Å². The van der Waals surface area contributed by atoms with E-state index in [0.717, 1.165) is 5.56 Å². The maximum Gasteiger partial charge on any atom is 0.269 e. The molecule has 170 valence electrons. The Morgan fingerprint density at radius 3 is 2.76 bits per heavy atom. The molecule has 5 rings (SSSR count). The van der Waals surface area contributed by atoms with Gasteiger partial charge in [-0.2, -0.15) is 10.2 Å². The summed E-state index contributed by atoms with van der Waals surface area (Å²) in [6.07, 6.45) is 2.87. The normalized spacial score (nSPS) is 11.1. The number of aromatic amines is 1. The molecule has 9 nitrogen and oxygen atoms in total. The number of rotatable bonds is 7. The van der Waals surface area contributed by atoms with Gasteiger partial charge in [-0.25, -0.2) is 14.1 Å². The van der Waals surface area contributed by atoms with E-state index in [0.29, 0.717) is 34.5 Å². The molecule has 0 aliphatic heterocycles. The molecule has 0 aliphatic carbocycles. The molecule has 3 aromatic heterocycles. The number of carbonyl (C=O) groups excluding carboxylic acids is 1. The number of benzene rings is 2. The Hall–Kier alpha value is -4.60. The van der Waals surface area contributed by atoms with Crippen molar-refractivity contribution in [1.82, 2.24) is 34.8 Å². The second kappa shape index (κ2) is 9.10. The van der Waals surface area contributed by atoms with Gasteiger partial charge in [0.25, 0.3) is 11.5 Å². The first-order valence-electron chi connectivity index (χ1n) is 10.6. The van der Waals surface area contributed by atoms with E-state index in [1.54, 1.807) is 22.9 Å². The Labute approximate surface area is 192 Å². The highest BCUT2D eigenvalue weighted by Crippen LogP contribution is 2.16. The molecule has 0 atom stereocenters. The van der Waals surface area contributed by atoms with Crippen molar-refractivity contribution < 1.29 is 9.18 Å². The summed E-state index contributed by atoms with van der Waals surface area (Å²) in [5.41, 5.74) is 2.76. The van der Waals surface area contributed by atoms with Crippen LogP contribution in [0.25, 0.3) is 22.3 Å².